The zero-order valence-electron chi connectivity index (χ0n) is 17.0. The second kappa shape index (κ2) is 10.8. The zero-order valence-corrected chi connectivity index (χ0v) is 18.6. The van der Waals surface area contributed by atoms with E-state index in [2.05, 4.69) is 5.32 Å². The number of imide groups is 1. The van der Waals surface area contributed by atoms with Crippen LogP contribution in [0.5, 0.6) is 5.75 Å². The van der Waals surface area contributed by atoms with Gasteiger partial charge in [0.15, 0.2) is 6.61 Å². The van der Waals surface area contributed by atoms with Gasteiger partial charge in [-0.2, -0.15) is 0 Å². The normalized spacial score (nSPS) is 14.6. The van der Waals surface area contributed by atoms with Gasteiger partial charge < -0.3 is 14.8 Å². The Bertz CT molecular complexity index is 1070. The summed E-state index contributed by atoms with van der Waals surface area (Å²) in [6.45, 7) is 1.15. The van der Waals surface area contributed by atoms with E-state index in [0.717, 1.165) is 16.7 Å². The number of esters is 1. The number of benzene rings is 2. The minimum atomic E-state index is -0.650. The molecule has 32 heavy (non-hydrogen) atoms. The average Bonchev–Trinajstić information content (AvgIpc) is 3.02. The van der Waals surface area contributed by atoms with E-state index in [1.807, 2.05) is 0 Å². The van der Waals surface area contributed by atoms with Crippen LogP contribution in [0.15, 0.2) is 53.4 Å². The summed E-state index contributed by atoms with van der Waals surface area (Å²) in [5, 5.41) is 2.71. The largest absolute Gasteiger partial charge is 0.484 e. The van der Waals surface area contributed by atoms with Gasteiger partial charge >= 0.3 is 5.97 Å². The molecule has 8 nitrogen and oxygen atoms in total. The van der Waals surface area contributed by atoms with Crippen molar-refractivity contribution in [2.75, 3.05) is 25.1 Å². The molecule has 1 N–H and O–H groups in total. The lowest BCUT2D eigenvalue weighted by Gasteiger charge is -2.10. The number of thioether (sulfide) groups is 1. The zero-order chi connectivity index (χ0) is 23.1. The number of carbonyl (C=O) groups is 4. The molecule has 2 aromatic rings. The van der Waals surface area contributed by atoms with Crippen molar-refractivity contribution in [2.24, 2.45) is 0 Å². The first-order chi connectivity index (χ1) is 15.4. The smallest absolute Gasteiger partial charge is 0.326 e. The van der Waals surface area contributed by atoms with Crippen molar-refractivity contribution >= 4 is 58.1 Å². The summed E-state index contributed by atoms with van der Waals surface area (Å²) in [7, 11) is 0. The maximum Gasteiger partial charge on any atom is 0.326 e. The number of amides is 3. The second-order valence-corrected chi connectivity index (χ2v) is 7.92. The Labute approximate surface area is 193 Å². The van der Waals surface area contributed by atoms with E-state index in [-0.39, 0.29) is 24.0 Å². The molecule has 10 heteroatoms. The molecular formula is C22H19ClN2O6S. The summed E-state index contributed by atoms with van der Waals surface area (Å²) >= 11 is 6.56. The molecule has 2 aromatic carbocycles. The molecule has 1 heterocycles. The number of rotatable bonds is 8. The van der Waals surface area contributed by atoms with E-state index in [4.69, 9.17) is 21.1 Å². The van der Waals surface area contributed by atoms with Crippen LogP contribution in [-0.2, 0) is 19.1 Å². The first kappa shape index (κ1) is 23.4. The van der Waals surface area contributed by atoms with E-state index < -0.39 is 23.7 Å². The SMILES string of the molecule is CCOC(=O)CN1C(=O)S/C(=C\c2cccc(OCC(=O)Nc3ccc(Cl)cc3)c2)C1=O. The van der Waals surface area contributed by atoms with Gasteiger partial charge in [0.25, 0.3) is 17.1 Å². The number of halogens is 1. The molecule has 1 aliphatic heterocycles. The van der Waals surface area contributed by atoms with Crippen molar-refractivity contribution in [3.05, 3.63) is 64.0 Å². The monoisotopic (exact) mass is 474 g/mol. The molecule has 0 bridgehead atoms. The van der Waals surface area contributed by atoms with Crippen LogP contribution in [0.4, 0.5) is 10.5 Å². The fourth-order valence-electron chi connectivity index (χ4n) is 2.70. The Morgan fingerprint density at radius 2 is 1.91 bits per heavy atom. The molecular weight excluding hydrogens is 456 g/mol. The number of carbonyl (C=O) groups excluding carboxylic acids is 4. The van der Waals surface area contributed by atoms with Gasteiger partial charge in [0, 0.05) is 10.7 Å². The van der Waals surface area contributed by atoms with Crippen molar-refractivity contribution in [2.45, 2.75) is 6.92 Å². The van der Waals surface area contributed by atoms with Gasteiger partial charge in [0.1, 0.15) is 12.3 Å². The lowest BCUT2D eigenvalue weighted by atomic mass is 10.2. The predicted octanol–water partition coefficient (Wildman–Crippen LogP) is 3.96. The Morgan fingerprint density at radius 3 is 2.62 bits per heavy atom. The highest BCUT2D eigenvalue weighted by Gasteiger charge is 2.36. The first-order valence-electron chi connectivity index (χ1n) is 9.55. The van der Waals surface area contributed by atoms with E-state index in [1.165, 1.54) is 6.08 Å². The van der Waals surface area contributed by atoms with Crippen molar-refractivity contribution < 1.29 is 28.7 Å². The molecule has 1 aliphatic rings. The molecule has 0 aliphatic carbocycles. The summed E-state index contributed by atoms with van der Waals surface area (Å²) in [6, 6.07) is 13.4. The summed E-state index contributed by atoms with van der Waals surface area (Å²) in [5.41, 5.74) is 1.19. The summed E-state index contributed by atoms with van der Waals surface area (Å²) in [5.74, 6) is -1.15. The predicted molar refractivity (Wildman–Crippen MR) is 121 cm³/mol. The topological polar surface area (TPSA) is 102 Å². The molecule has 0 atom stereocenters. The third-order valence-corrected chi connectivity index (χ3v) is 5.28. The fraction of sp³-hybridized carbons (Fsp3) is 0.182. The van der Waals surface area contributed by atoms with Gasteiger partial charge in [-0.3, -0.25) is 24.1 Å². The molecule has 1 fully saturated rings. The molecule has 0 saturated carbocycles. The number of nitrogens with zero attached hydrogens (tertiary/aromatic N) is 1. The van der Waals surface area contributed by atoms with Gasteiger partial charge in [0.05, 0.1) is 11.5 Å². The van der Waals surface area contributed by atoms with E-state index in [9.17, 15) is 19.2 Å². The maximum absolute atomic E-state index is 12.5. The van der Waals surface area contributed by atoms with Crippen LogP contribution < -0.4 is 10.1 Å². The van der Waals surface area contributed by atoms with Crippen LogP contribution in [0.1, 0.15) is 12.5 Å². The van der Waals surface area contributed by atoms with Crippen molar-refractivity contribution in [1.29, 1.82) is 0 Å². The van der Waals surface area contributed by atoms with Crippen molar-refractivity contribution in [1.82, 2.24) is 4.90 Å². The van der Waals surface area contributed by atoms with Crippen LogP contribution in [0.2, 0.25) is 5.02 Å². The molecule has 166 valence electrons. The first-order valence-corrected chi connectivity index (χ1v) is 10.7. The van der Waals surface area contributed by atoms with Crippen LogP contribution in [0.3, 0.4) is 0 Å². The fourth-order valence-corrected chi connectivity index (χ4v) is 3.66. The molecule has 1 saturated heterocycles. The standard InChI is InChI=1S/C22H19ClN2O6S/c1-2-30-20(27)12-25-21(28)18(32-22(25)29)11-14-4-3-5-17(10-14)31-13-19(26)24-16-8-6-15(23)7-9-16/h3-11H,2,12-13H2,1H3,(H,24,26)/b18-11-. The van der Waals surface area contributed by atoms with Crippen LogP contribution in [-0.4, -0.2) is 47.7 Å². The second-order valence-electron chi connectivity index (χ2n) is 6.49. The average molecular weight is 475 g/mol. The molecule has 0 aromatic heterocycles. The van der Waals surface area contributed by atoms with Crippen LogP contribution in [0.25, 0.3) is 6.08 Å². The lowest BCUT2D eigenvalue weighted by Crippen LogP contribution is -2.34. The lowest BCUT2D eigenvalue weighted by molar-refractivity contribution is -0.146. The Morgan fingerprint density at radius 1 is 1.16 bits per heavy atom. The number of anilines is 1. The number of hydrogen-bond donors (Lipinski definition) is 1. The van der Waals surface area contributed by atoms with Crippen molar-refractivity contribution in [3.63, 3.8) is 0 Å². The molecule has 3 amide bonds. The third-order valence-electron chi connectivity index (χ3n) is 4.12. The molecule has 3 rings (SSSR count). The minimum Gasteiger partial charge on any atom is -0.484 e. The Kier molecular flexibility index (Phi) is 7.91. The van der Waals surface area contributed by atoms with Gasteiger partial charge in [0.2, 0.25) is 0 Å². The van der Waals surface area contributed by atoms with Gasteiger partial charge in [-0.1, -0.05) is 23.7 Å². The number of ether oxygens (including phenoxy) is 2. The maximum atomic E-state index is 12.5. The van der Waals surface area contributed by atoms with Gasteiger partial charge in [-0.15, -0.1) is 0 Å². The van der Waals surface area contributed by atoms with Crippen LogP contribution >= 0.6 is 23.4 Å². The highest BCUT2D eigenvalue weighted by molar-refractivity contribution is 8.18. The minimum absolute atomic E-state index is 0.162. The van der Waals surface area contributed by atoms with Gasteiger partial charge in [-0.05, 0) is 66.7 Å². The van der Waals surface area contributed by atoms with Crippen molar-refractivity contribution in [3.8, 4) is 5.75 Å². The summed E-state index contributed by atoms with van der Waals surface area (Å²) in [6.07, 6.45) is 1.52. The molecule has 0 unspecified atom stereocenters. The number of nitrogens with one attached hydrogen (secondary N) is 1. The summed E-state index contributed by atoms with van der Waals surface area (Å²) in [4.78, 5) is 49.3. The third kappa shape index (κ3) is 6.35. The van der Waals surface area contributed by atoms with E-state index in [1.54, 1.807) is 55.5 Å². The quantitative estimate of drug-likeness (QED) is 0.456. The highest BCUT2D eigenvalue weighted by atomic mass is 35.5. The molecule has 0 radical (unpaired) electrons. The van der Waals surface area contributed by atoms with E-state index in [0.29, 0.717) is 22.0 Å². The van der Waals surface area contributed by atoms with E-state index >= 15 is 0 Å². The Balaban J connectivity index is 1.60. The highest BCUT2D eigenvalue weighted by Crippen LogP contribution is 2.32. The Hall–Kier alpha value is -3.30. The number of hydrogen-bond acceptors (Lipinski definition) is 7. The van der Waals surface area contributed by atoms with Crippen LogP contribution in [0, 0.1) is 0 Å². The summed E-state index contributed by atoms with van der Waals surface area (Å²) < 4.78 is 10.3. The molecule has 0 spiro atoms. The van der Waals surface area contributed by atoms with Gasteiger partial charge in [-0.25, -0.2) is 0 Å².